The summed E-state index contributed by atoms with van der Waals surface area (Å²) < 4.78 is 0. The van der Waals surface area contributed by atoms with Crippen LogP contribution in [0.4, 0.5) is 0 Å². The molecule has 1 aliphatic heterocycles. The minimum absolute atomic E-state index is 0.0300. The number of hydrogen-bond donors (Lipinski definition) is 0. The first-order chi connectivity index (χ1) is 14.3. The van der Waals surface area contributed by atoms with E-state index in [1.54, 1.807) is 6.08 Å². The van der Waals surface area contributed by atoms with Crippen LogP contribution in [0.5, 0.6) is 0 Å². The van der Waals surface area contributed by atoms with Gasteiger partial charge in [0.1, 0.15) is 0 Å². The molecule has 0 N–H and O–H groups in total. The van der Waals surface area contributed by atoms with Crippen molar-refractivity contribution in [2.75, 3.05) is 13.1 Å². The Kier molecular flexibility index (Phi) is 6.33. The standard InChI is InChI=1S/C27H26NO/c29-25(19-18-22-12-4-1-5-13-22)26(23-14-6-2-7-15-23)27(28-20-10-11-21-28)24-16-8-3-9-17-24/h1-2,4-9,12-19,26-27H,10-11,20-21H2. The molecule has 3 aromatic rings. The van der Waals surface area contributed by atoms with E-state index in [0.29, 0.717) is 0 Å². The molecular weight excluding hydrogens is 354 g/mol. The predicted octanol–water partition coefficient (Wildman–Crippen LogP) is 5.69. The first-order valence-corrected chi connectivity index (χ1v) is 10.3. The number of carbonyl (C=O) groups excluding carboxylic acids is 1. The highest BCUT2D eigenvalue weighted by molar-refractivity contribution is 5.99. The smallest absolute Gasteiger partial charge is 0.165 e. The molecule has 1 saturated heterocycles. The Balaban J connectivity index is 1.74. The van der Waals surface area contributed by atoms with Crippen LogP contribution < -0.4 is 0 Å². The van der Waals surface area contributed by atoms with Crippen molar-refractivity contribution in [2.45, 2.75) is 24.8 Å². The molecule has 29 heavy (non-hydrogen) atoms. The Labute approximate surface area is 173 Å². The Morgan fingerprint density at radius 3 is 2.10 bits per heavy atom. The van der Waals surface area contributed by atoms with E-state index in [0.717, 1.165) is 24.2 Å². The van der Waals surface area contributed by atoms with Crippen LogP contribution >= 0.6 is 0 Å². The molecule has 0 aromatic heterocycles. The van der Waals surface area contributed by atoms with Gasteiger partial charge in [-0.2, -0.15) is 0 Å². The molecule has 1 heterocycles. The number of carbonyl (C=O) groups is 1. The summed E-state index contributed by atoms with van der Waals surface area (Å²) in [4.78, 5) is 16.0. The van der Waals surface area contributed by atoms with Crippen LogP contribution in [0.15, 0.2) is 91.0 Å². The summed E-state index contributed by atoms with van der Waals surface area (Å²) in [5, 5.41) is 0. The largest absolute Gasteiger partial charge is 0.295 e. The van der Waals surface area contributed by atoms with Crippen LogP contribution in [0.3, 0.4) is 0 Å². The number of allylic oxidation sites excluding steroid dienone is 1. The maximum atomic E-state index is 13.6. The van der Waals surface area contributed by atoms with Crippen molar-refractivity contribution in [3.63, 3.8) is 0 Å². The average molecular weight is 381 g/mol. The molecule has 1 aliphatic rings. The number of ketones is 1. The Hall–Kier alpha value is -2.97. The van der Waals surface area contributed by atoms with Crippen LogP contribution in [0.25, 0.3) is 6.08 Å². The Morgan fingerprint density at radius 2 is 1.45 bits per heavy atom. The van der Waals surface area contributed by atoms with Crippen LogP contribution in [0.2, 0.25) is 0 Å². The number of likely N-dealkylation sites (tertiary alicyclic amines) is 1. The van der Waals surface area contributed by atoms with E-state index < -0.39 is 0 Å². The van der Waals surface area contributed by atoms with Crippen molar-refractivity contribution in [2.24, 2.45) is 0 Å². The monoisotopic (exact) mass is 380 g/mol. The lowest BCUT2D eigenvalue weighted by molar-refractivity contribution is -0.117. The molecule has 0 bridgehead atoms. The van der Waals surface area contributed by atoms with Crippen molar-refractivity contribution in [1.29, 1.82) is 0 Å². The van der Waals surface area contributed by atoms with Crippen LogP contribution in [0.1, 0.15) is 41.5 Å². The van der Waals surface area contributed by atoms with Gasteiger partial charge >= 0.3 is 0 Å². The third-order valence-corrected chi connectivity index (χ3v) is 5.64. The van der Waals surface area contributed by atoms with Gasteiger partial charge in [-0.15, -0.1) is 0 Å². The summed E-state index contributed by atoms with van der Waals surface area (Å²) >= 11 is 0. The molecule has 2 atom stereocenters. The number of benzene rings is 3. The summed E-state index contributed by atoms with van der Waals surface area (Å²) in [5.74, 6) is -0.0959. The summed E-state index contributed by atoms with van der Waals surface area (Å²) in [7, 11) is 0. The Bertz CT molecular complexity index is 928. The molecule has 2 unspecified atom stereocenters. The van der Waals surface area contributed by atoms with E-state index in [1.165, 1.54) is 18.4 Å². The number of rotatable bonds is 7. The van der Waals surface area contributed by atoms with Gasteiger partial charge in [0.05, 0.1) is 5.92 Å². The maximum absolute atomic E-state index is 13.6. The van der Waals surface area contributed by atoms with Crippen LogP contribution in [0, 0.1) is 6.07 Å². The van der Waals surface area contributed by atoms with E-state index in [4.69, 9.17) is 0 Å². The van der Waals surface area contributed by atoms with Gasteiger partial charge < -0.3 is 0 Å². The predicted molar refractivity (Wildman–Crippen MR) is 118 cm³/mol. The van der Waals surface area contributed by atoms with Gasteiger partial charge in [0, 0.05) is 6.04 Å². The molecular formula is C27H26NO. The zero-order chi connectivity index (χ0) is 19.9. The molecule has 0 saturated carbocycles. The molecule has 4 rings (SSSR count). The number of nitrogens with zero attached hydrogens (tertiary/aromatic N) is 1. The number of hydrogen-bond acceptors (Lipinski definition) is 2. The van der Waals surface area contributed by atoms with Gasteiger partial charge in [-0.1, -0.05) is 91.0 Å². The maximum Gasteiger partial charge on any atom is 0.165 e. The molecule has 2 heteroatoms. The first-order valence-electron chi connectivity index (χ1n) is 10.3. The van der Waals surface area contributed by atoms with E-state index in [1.807, 2.05) is 66.7 Å². The van der Waals surface area contributed by atoms with E-state index in [9.17, 15) is 4.79 Å². The summed E-state index contributed by atoms with van der Waals surface area (Å²) in [6.07, 6.45) is 6.05. The van der Waals surface area contributed by atoms with Gasteiger partial charge in [0.15, 0.2) is 5.78 Å². The molecule has 0 spiro atoms. The van der Waals surface area contributed by atoms with E-state index >= 15 is 0 Å². The minimum Gasteiger partial charge on any atom is -0.295 e. The van der Waals surface area contributed by atoms with E-state index in [-0.39, 0.29) is 17.7 Å². The second kappa shape index (κ2) is 9.49. The van der Waals surface area contributed by atoms with Crippen molar-refractivity contribution < 1.29 is 4.79 Å². The zero-order valence-corrected chi connectivity index (χ0v) is 16.6. The lowest BCUT2D eigenvalue weighted by atomic mass is 9.82. The highest BCUT2D eigenvalue weighted by Gasteiger charge is 2.35. The fraction of sp³-hybridized carbons (Fsp3) is 0.222. The summed E-state index contributed by atoms with van der Waals surface area (Å²) in [6, 6.07) is 31.5. The third kappa shape index (κ3) is 4.72. The third-order valence-electron chi connectivity index (χ3n) is 5.64. The zero-order valence-electron chi connectivity index (χ0n) is 16.6. The minimum atomic E-state index is -0.239. The average Bonchev–Trinajstić information content (AvgIpc) is 3.32. The molecule has 1 fully saturated rings. The van der Waals surface area contributed by atoms with Crippen molar-refractivity contribution in [3.05, 3.63) is 114 Å². The Morgan fingerprint density at radius 1 is 0.828 bits per heavy atom. The van der Waals surface area contributed by atoms with Crippen molar-refractivity contribution >= 4 is 11.9 Å². The van der Waals surface area contributed by atoms with Crippen LogP contribution in [-0.2, 0) is 4.79 Å². The lowest BCUT2D eigenvalue weighted by Gasteiger charge is -2.34. The molecule has 0 aliphatic carbocycles. The van der Waals surface area contributed by atoms with Crippen molar-refractivity contribution in [1.82, 2.24) is 4.90 Å². The van der Waals surface area contributed by atoms with Gasteiger partial charge in [-0.05, 0) is 54.8 Å². The second-order valence-corrected chi connectivity index (χ2v) is 7.56. The molecule has 3 aromatic carbocycles. The first kappa shape index (κ1) is 19.4. The summed E-state index contributed by atoms with van der Waals surface area (Å²) in [5.41, 5.74) is 3.29. The highest BCUT2D eigenvalue weighted by atomic mass is 16.1. The quantitative estimate of drug-likeness (QED) is 0.491. The van der Waals surface area contributed by atoms with E-state index in [2.05, 4.69) is 35.2 Å². The summed E-state index contributed by atoms with van der Waals surface area (Å²) in [6.45, 7) is 2.06. The highest BCUT2D eigenvalue weighted by Crippen LogP contribution is 2.38. The fourth-order valence-corrected chi connectivity index (χ4v) is 4.24. The SMILES string of the molecule is O=C(C=Cc1ccccc1)C(c1ccccc1)C(c1cc[c]cc1)N1CCCC1. The van der Waals surface area contributed by atoms with Gasteiger partial charge in [0.2, 0.25) is 0 Å². The molecule has 0 amide bonds. The topological polar surface area (TPSA) is 20.3 Å². The fourth-order valence-electron chi connectivity index (χ4n) is 4.24. The van der Waals surface area contributed by atoms with Crippen molar-refractivity contribution in [3.8, 4) is 0 Å². The van der Waals surface area contributed by atoms with Crippen LogP contribution in [-0.4, -0.2) is 23.8 Å². The van der Waals surface area contributed by atoms with Gasteiger partial charge in [-0.25, -0.2) is 0 Å². The molecule has 1 radical (unpaired) electrons. The van der Waals surface area contributed by atoms with Gasteiger partial charge in [0.25, 0.3) is 0 Å². The van der Waals surface area contributed by atoms with Gasteiger partial charge in [-0.3, -0.25) is 9.69 Å². The molecule has 2 nitrogen and oxygen atoms in total. The lowest BCUT2D eigenvalue weighted by Crippen LogP contribution is -2.33. The second-order valence-electron chi connectivity index (χ2n) is 7.56. The normalized spacial score (nSPS) is 16.7. The molecule has 145 valence electrons.